The van der Waals surface area contributed by atoms with Crippen molar-refractivity contribution in [3.05, 3.63) is 94.9 Å². The van der Waals surface area contributed by atoms with Gasteiger partial charge >= 0.3 is 0 Å². The second-order valence-electron chi connectivity index (χ2n) is 5.77. The molecule has 0 spiro atoms. The van der Waals surface area contributed by atoms with E-state index in [1.165, 1.54) is 31.4 Å². The Morgan fingerprint density at radius 1 is 1.00 bits per heavy atom. The molecule has 27 heavy (non-hydrogen) atoms. The summed E-state index contributed by atoms with van der Waals surface area (Å²) in [5.74, 6) is -0.658. The van der Waals surface area contributed by atoms with Crippen molar-refractivity contribution in [3.8, 4) is 5.88 Å². The van der Waals surface area contributed by atoms with Crippen LogP contribution in [0.4, 0.5) is 4.39 Å². The zero-order chi connectivity index (χ0) is 19.2. The number of aromatic nitrogens is 1. The fourth-order valence-corrected chi connectivity index (χ4v) is 2.55. The highest BCUT2D eigenvalue weighted by atomic mass is 19.1. The third-order valence-electron chi connectivity index (χ3n) is 3.98. The molecular formula is C21H17FN2O3. The normalized spacial score (nSPS) is 10.3. The minimum absolute atomic E-state index is 0.258. The standard InChI is InChI=1S/C21H17FN2O3/c1-27-19-11-6-14(12-23-19)13-24-21(26)18-5-3-2-4-17(18)20(25)15-7-9-16(22)10-8-15/h2-12H,13H2,1H3,(H,24,26). The molecule has 0 unspecified atom stereocenters. The highest BCUT2D eigenvalue weighted by molar-refractivity contribution is 6.15. The SMILES string of the molecule is COc1ccc(CNC(=O)c2ccccc2C(=O)c2ccc(F)cc2)cn1. The molecule has 0 atom stereocenters. The van der Waals surface area contributed by atoms with Crippen LogP contribution in [0.5, 0.6) is 5.88 Å². The van der Waals surface area contributed by atoms with Crippen molar-refractivity contribution < 1.29 is 18.7 Å². The fourth-order valence-electron chi connectivity index (χ4n) is 2.55. The summed E-state index contributed by atoms with van der Waals surface area (Å²) in [5.41, 5.74) is 1.63. The lowest BCUT2D eigenvalue weighted by molar-refractivity contribution is 0.0939. The van der Waals surface area contributed by atoms with Gasteiger partial charge in [-0.05, 0) is 35.9 Å². The molecule has 0 saturated heterocycles. The summed E-state index contributed by atoms with van der Waals surface area (Å²) in [4.78, 5) is 29.4. The first kappa shape index (κ1) is 18.3. The van der Waals surface area contributed by atoms with Crippen LogP contribution in [-0.4, -0.2) is 23.8 Å². The van der Waals surface area contributed by atoms with E-state index in [4.69, 9.17) is 4.74 Å². The molecule has 136 valence electrons. The maximum atomic E-state index is 13.1. The Morgan fingerprint density at radius 3 is 2.33 bits per heavy atom. The number of amides is 1. The molecule has 0 aliphatic carbocycles. The number of pyridine rings is 1. The molecule has 0 aliphatic heterocycles. The maximum Gasteiger partial charge on any atom is 0.252 e. The number of methoxy groups -OCH3 is 1. The van der Waals surface area contributed by atoms with E-state index in [9.17, 15) is 14.0 Å². The quantitative estimate of drug-likeness (QED) is 0.681. The zero-order valence-corrected chi connectivity index (χ0v) is 14.6. The van der Waals surface area contributed by atoms with Gasteiger partial charge in [0, 0.05) is 29.9 Å². The highest BCUT2D eigenvalue weighted by Crippen LogP contribution is 2.16. The summed E-state index contributed by atoms with van der Waals surface area (Å²) in [6.45, 7) is 0.259. The van der Waals surface area contributed by atoms with Gasteiger partial charge in [-0.3, -0.25) is 9.59 Å². The number of benzene rings is 2. The van der Waals surface area contributed by atoms with Crippen LogP contribution in [0, 0.1) is 5.82 Å². The lowest BCUT2D eigenvalue weighted by Crippen LogP contribution is -2.25. The number of nitrogens with zero attached hydrogens (tertiary/aromatic N) is 1. The minimum Gasteiger partial charge on any atom is -0.481 e. The van der Waals surface area contributed by atoms with E-state index < -0.39 is 5.82 Å². The van der Waals surface area contributed by atoms with Crippen LogP contribution in [0.1, 0.15) is 31.8 Å². The van der Waals surface area contributed by atoms with Crippen LogP contribution in [0.2, 0.25) is 0 Å². The highest BCUT2D eigenvalue weighted by Gasteiger charge is 2.18. The lowest BCUT2D eigenvalue weighted by Gasteiger charge is -2.10. The van der Waals surface area contributed by atoms with Gasteiger partial charge in [0.1, 0.15) is 5.82 Å². The average molecular weight is 364 g/mol. The molecule has 2 aromatic carbocycles. The summed E-state index contributed by atoms with van der Waals surface area (Å²) >= 11 is 0. The molecule has 0 aliphatic rings. The van der Waals surface area contributed by atoms with Gasteiger partial charge in [0.15, 0.2) is 5.78 Å². The van der Waals surface area contributed by atoms with Gasteiger partial charge in [-0.2, -0.15) is 0 Å². The molecule has 1 N–H and O–H groups in total. The Bertz CT molecular complexity index is 954. The molecule has 5 nitrogen and oxygen atoms in total. The number of halogens is 1. The Balaban J connectivity index is 1.76. The average Bonchev–Trinajstić information content (AvgIpc) is 2.72. The first-order valence-corrected chi connectivity index (χ1v) is 8.25. The van der Waals surface area contributed by atoms with Crippen molar-refractivity contribution in [1.29, 1.82) is 0 Å². The van der Waals surface area contributed by atoms with E-state index in [1.54, 1.807) is 42.6 Å². The van der Waals surface area contributed by atoms with E-state index >= 15 is 0 Å². The van der Waals surface area contributed by atoms with Crippen molar-refractivity contribution in [3.63, 3.8) is 0 Å². The molecule has 1 heterocycles. The predicted octanol–water partition coefficient (Wildman–Crippen LogP) is 3.39. The third kappa shape index (κ3) is 4.36. The van der Waals surface area contributed by atoms with Crippen LogP contribution in [0.25, 0.3) is 0 Å². The van der Waals surface area contributed by atoms with Gasteiger partial charge in [0.2, 0.25) is 5.88 Å². The van der Waals surface area contributed by atoms with Crippen molar-refractivity contribution in [2.24, 2.45) is 0 Å². The Labute approximate surface area is 155 Å². The van der Waals surface area contributed by atoms with Gasteiger partial charge in [-0.15, -0.1) is 0 Å². The Kier molecular flexibility index (Phi) is 5.56. The van der Waals surface area contributed by atoms with E-state index in [2.05, 4.69) is 10.3 Å². The topological polar surface area (TPSA) is 68.3 Å². The smallest absolute Gasteiger partial charge is 0.252 e. The molecule has 0 bridgehead atoms. The number of carbonyl (C=O) groups is 2. The van der Waals surface area contributed by atoms with E-state index in [0.29, 0.717) is 11.4 Å². The van der Waals surface area contributed by atoms with Crippen molar-refractivity contribution in [2.75, 3.05) is 7.11 Å². The third-order valence-corrected chi connectivity index (χ3v) is 3.98. The monoisotopic (exact) mass is 364 g/mol. The van der Waals surface area contributed by atoms with Crippen LogP contribution in [-0.2, 0) is 6.54 Å². The fraction of sp³-hybridized carbons (Fsp3) is 0.0952. The molecule has 6 heteroatoms. The molecule has 3 aromatic rings. The maximum absolute atomic E-state index is 13.1. The van der Waals surface area contributed by atoms with Crippen LogP contribution >= 0.6 is 0 Å². The number of nitrogens with one attached hydrogen (secondary N) is 1. The van der Waals surface area contributed by atoms with Crippen molar-refractivity contribution in [1.82, 2.24) is 10.3 Å². The largest absolute Gasteiger partial charge is 0.481 e. The molecule has 0 saturated carbocycles. The van der Waals surface area contributed by atoms with Crippen LogP contribution in [0.3, 0.4) is 0 Å². The summed E-state index contributed by atoms with van der Waals surface area (Å²) in [6.07, 6.45) is 1.61. The molecule has 0 fully saturated rings. The summed E-state index contributed by atoms with van der Waals surface area (Å²) in [5, 5.41) is 2.78. The van der Waals surface area contributed by atoms with Gasteiger partial charge in [-0.25, -0.2) is 9.37 Å². The minimum atomic E-state index is -0.425. The van der Waals surface area contributed by atoms with Crippen LogP contribution < -0.4 is 10.1 Å². The Hall–Kier alpha value is -3.54. The van der Waals surface area contributed by atoms with Gasteiger partial charge < -0.3 is 10.1 Å². The molecule has 3 rings (SSSR count). The van der Waals surface area contributed by atoms with Gasteiger partial charge in [-0.1, -0.05) is 24.3 Å². The number of carbonyl (C=O) groups excluding carboxylic acids is 2. The molecule has 0 radical (unpaired) electrons. The molecule has 1 amide bonds. The van der Waals surface area contributed by atoms with Crippen molar-refractivity contribution >= 4 is 11.7 Å². The van der Waals surface area contributed by atoms with Gasteiger partial charge in [0.25, 0.3) is 5.91 Å². The lowest BCUT2D eigenvalue weighted by atomic mass is 9.98. The number of hydrogen-bond acceptors (Lipinski definition) is 4. The second kappa shape index (κ2) is 8.23. The summed E-state index contributed by atoms with van der Waals surface area (Å²) in [7, 11) is 1.53. The van der Waals surface area contributed by atoms with E-state index in [0.717, 1.165) is 5.56 Å². The molecule has 1 aromatic heterocycles. The molecular weight excluding hydrogens is 347 g/mol. The zero-order valence-electron chi connectivity index (χ0n) is 14.6. The predicted molar refractivity (Wildman–Crippen MR) is 98.2 cm³/mol. The van der Waals surface area contributed by atoms with E-state index in [1.807, 2.05) is 0 Å². The Morgan fingerprint density at radius 2 is 1.70 bits per heavy atom. The first-order chi connectivity index (χ1) is 13.1. The summed E-state index contributed by atoms with van der Waals surface area (Å²) < 4.78 is 18.1. The first-order valence-electron chi connectivity index (χ1n) is 8.25. The van der Waals surface area contributed by atoms with E-state index in [-0.39, 0.29) is 29.4 Å². The number of hydrogen-bond donors (Lipinski definition) is 1. The summed E-state index contributed by atoms with van der Waals surface area (Å²) in [6, 6.07) is 15.2. The van der Waals surface area contributed by atoms with Crippen molar-refractivity contribution in [2.45, 2.75) is 6.54 Å². The van der Waals surface area contributed by atoms with Crippen LogP contribution in [0.15, 0.2) is 66.9 Å². The van der Waals surface area contributed by atoms with Gasteiger partial charge in [0.05, 0.1) is 12.7 Å². The number of ketones is 1. The number of ether oxygens (including phenoxy) is 1. The second-order valence-corrected chi connectivity index (χ2v) is 5.77. The number of rotatable bonds is 6.